The molecular formula is C29H33Cl5SiTi. The number of allylic oxidation sites excluding steroid dienone is 4. The molecule has 0 aliphatic heterocycles. The molecule has 0 spiro atoms. The Morgan fingerprint density at radius 2 is 1.25 bits per heavy atom. The van der Waals surface area contributed by atoms with Crippen molar-refractivity contribution in [3.63, 3.8) is 0 Å². The molecule has 0 radical (unpaired) electrons. The van der Waals surface area contributed by atoms with Crippen LogP contribution in [0.5, 0.6) is 0 Å². The van der Waals surface area contributed by atoms with Crippen LogP contribution in [0.1, 0.15) is 49.9 Å². The van der Waals surface area contributed by atoms with Crippen LogP contribution in [0.15, 0.2) is 83.4 Å². The Morgan fingerprint density at radius 3 is 1.64 bits per heavy atom. The minimum Gasteiger partial charge on any atom is -0.267 e. The summed E-state index contributed by atoms with van der Waals surface area (Å²) in [7, 11) is 1.18. The molecule has 36 heavy (non-hydrogen) atoms. The molecule has 0 aromatic heterocycles. The first-order chi connectivity index (χ1) is 15.2. The molecule has 0 amide bonds. The number of hydrogen-bond acceptors (Lipinski definition) is 0. The summed E-state index contributed by atoms with van der Waals surface area (Å²) in [6.07, 6.45) is 5.25. The van der Waals surface area contributed by atoms with Crippen LogP contribution in [0.4, 0.5) is 0 Å². The Labute approximate surface area is 263 Å². The maximum absolute atomic E-state index is 5.95. The van der Waals surface area contributed by atoms with Gasteiger partial charge in [0.2, 0.25) is 0 Å². The van der Waals surface area contributed by atoms with Crippen LogP contribution in [0.2, 0.25) is 15.1 Å². The van der Waals surface area contributed by atoms with Crippen molar-refractivity contribution in [3.05, 3.63) is 128 Å². The van der Waals surface area contributed by atoms with Gasteiger partial charge in [0.15, 0.2) is 0 Å². The molecule has 0 N–H and O–H groups in total. The van der Waals surface area contributed by atoms with E-state index in [1.54, 1.807) is 0 Å². The van der Waals surface area contributed by atoms with E-state index >= 15 is 0 Å². The second-order valence-corrected chi connectivity index (χ2v) is 11.8. The van der Waals surface area contributed by atoms with Gasteiger partial charge in [0.05, 0.1) is 0 Å². The van der Waals surface area contributed by atoms with Crippen LogP contribution >= 0.6 is 60.4 Å². The molecule has 3 aromatic rings. The monoisotopic (exact) mass is 632 g/mol. The van der Waals surface area contributed by atoms with Gasteiger partial charge < -0.3 is 0 Å². The van der Waals surface area contributed by atoms with E-state index in [0.717, 1.165) is 22.9 Å². The Morgan fingerprint density at radius 1 is 0.778 bits per heavy atom. The largest absolute Gasteiger partial charge is 2.00 e. The van der Waals surface area contributed by atoms with Crippen molar-refractivity contribution >= 4 is 70.7 Å². The van der Waals surface area contributed by atoms with Gasteiger partial charge in [-0.3, -0.25) is 6.08 Å². The Kier molecular flexibility index (Phi) is 18.0. The SMILES string of the molecule is CC1=[C-]C(C)([SiH3])C(C)=C1C.Cl.Cl.Cl.Clc1ccc(Cc2[c-]cccc2Cc2ccc(Cl)cc2)cc1.[Ti+2]. The van der Waals surface area contributed by atoms with E-state index in [4.69, 9.17) is 23.2 Å². The third-order valence-corrected chi connectivity index (χ3v) is 7.71. The number of benzene rings is 3. The molecule has 0 saturated carbocycles. The minimum atomic E-state index is 0. The Bertz CT molecular complexity index is 1070. The van der Waals surface area contributed by atoms with Gasteiger partial charge >= 0.3 is 21.7 Å². The van der Waals surface area contributed by atoms with E-state index in [9.17, 15) is 0 Å². The summed E-state index contributed by atoms with van der Waals surface area (Å²) in [6.45, 7) is 8.85. The van der Waals surface area contributed by atoms with E-state index in [1.165, 1.54) is 49.2 Å². The van der Waals surface area contributed by atoms with Crippen LogP contribution in [0.25, 0.3) is 0 Å². The third-order valence-electron chi connectivity index (χ3n) is 6.20. The predicted octanol–water partition coefficient (Wildman–Crippen LogP) is 8.87. The van der Waals surface area contributed by atoms with E-state index < -0.39 is 0 Å². The first-order valence-corrected chi connectivity index (χ1v) is 12.7. The van der Waals surface area contributed by atoms with Gasteiger partial charge in [0.25, 0.3) is 0 Å². The second-order valence-electron chi connectivity index (χ2n) is 8.91. The van der Waals surface area contributed by atoms with Crippen molar-refractivity contribution in [2.75, 3.05) is 0 Å². The summed E-state index contributed by atoms with van der Waals surface area (Å²) in [6, 6.07) is 25.5. The van der Waals surface area contributed by atoms with Crippen LogP contribution in [-0.2, 0) is 34.6 Å². The number of rotatable bonds is 4. The Hall–Kier alpha value is -0.479. The molecule has 0 bridgehead atoms. The van der Waals surface area contributed by atoms with E-state index in [-0.39, 0.29) is 58.9 Å². The summed E-state index contributed by atoms with van der Waals surface area (Å²) in [5, 5.41) is 1.86. The minimum absolute atomic E-state index is 0. The fourth-order valence-corrected chi connectivity index (χ4v) is 4.87. The second kappa shape index (κ2) is 17.2. The van der Waals surface area contributed by atoms with Gasteiger partial charge in [0, 0.05) is 10.0 Å². The molecule has 0 heterocycles. The molecule has 4 rings (SSSR count). The summed E-state index contributed by atoms with van der Waals surface area (Å²) in [5.41, 5.74) is 9.34. The summed E-state index contributed by atoms with van der Waals surface area (Å²) < 4.78 is 0. The van der Waals surface area contributed by atoms with Crippen LogP contribution in [0.3, 0.4) is 0 Å². The summed E-state index contributed by atoms with van der Waals surface area (Å²) in [5.74, 6) is 0. The number of halogens is 5. The van der Waals surface area contributed by atoms with Crippen molar-refractivity contribution in [3.8, 4) is 0 Å². The normalized spacial score (nSPS) is 15.8. The van der Waals surface area contributed by atoms with Crippen molar-refractivity contribution in [2.24, 2.45) is 0 Å². The van der Waals surface area contributed by atoms with Crippen molar-refractivity contribution in [1.29, 1.82) is 0 Å². The first kappa shape index (κ1) is 37.7. The van der Waals surface area contributed by atoms with Crippen molar-refractivity contribution in [1.82, 2.24) is 0 Å². The van der Waals surface area contributed by atoms with Crippen molar-refractivity contribution in [2.45, 2.75) is 45.6 Å². The zero-order valence-corrected chi connectivity index (χ0v) is 28.8. The average molecular weight is 635 g/mol. The molecule has 0 nitrogen and oxygen atoms in total. The topological polar surface area (TPSA) is 0 Å². The molecule has 7 heteroatoms. The van der Waals surface area contributed by atoms with Gasteiger partial charge in [-0.2, -0.15) is 41.0 Å². The smallest absolute Gasteiger partial charge is 0.267 e. The number of hydrogen-bond donors (Lipinski definition) is 0. The molecule has 1 atom stereocenters. The zero-order valence-electron chi connectivity index (χ0n) is 21.2. The quantitative estimate of drug-likeness (QED) is 0.199. The van der Waals surface area contributed by atoms with Gasteiger partial charge in [-0.1, -0.05) is 78.8 Å². The van der Waals surface area contributed by atoms with E-state index in [1.807, 2.05) is 36.4 Å². The maximum Gasteiger partial charge on any atom is 2.00 e. The first-order valence-electron chi connectivity index (χ1n) is 10.9. The molecule has 3 aromatic carbocycles. The molecular weight excluding hydrogens is 602 g/mol. The van der Waals surface area contributed by atoms with E-state index in [0.29, 0.717) is 5.04 Å². The Balaban J connectivity index is 0. The average Bonchev–Trinajstić information content (AvgIpc) is 2.94. The molecule has 1 aliphatic carbocycles. The van der Waals surface area contributed by atoms with Gasteiger partial charge in [0.1, 0.15) is 0 Å². The van der Waals surface area contributed by atoms with Crippen molar-refractivity contribution < 1.29 is 21.7 Å². The molecule has 1 aliphatic rings. The van der Waals surface area contributed by atoms with E-state index in [2.05, 4.69) is 70.2 Å². The standard InChI is InChI=1S/C20H15Cl2.C9H15Si.3ClH.Ti/c21-19-9-5-15(6-10-19)13-17-3-1-2-4-18(17)14-16-7-11-20(22)12-8-16;1-6-5-9(4,10)8(3)7(6)2;;;;/h1-3,5-12H,13-14H2;1-4,10H3;3*1H;/q2*-1;;;;+2. The molecule has 192 valence electrons. The van der Waals surface area contributed by atoms with Gasteiger partial charge in [-0.25, -0.2) is 5.57 Å². The molecule has 1 unspecified atom stereocenters. The van der Waals surface area contributed by atoms with Gasteiger partial charge in [-0.15, -0.1) is 49.7 Å². The fourth-order valence-electron chi connectivity index (χ4n) is 3.87. The summed E-state index contributed by atoms with van der Waals surface area (Å²) in [4.78, 5) is 0. The van der Waals surface area contributed by atoms with Crippen LogP contribution < -0.4 is 0 Å². The molecule has 0 saturated heterocycles. The maximum atomic E-state index is 5.95. The third kappa shape index (κ3) is 10.7. The molecule has 0 fully saturated rings. The zero-order chi connectivity index (χ0) is 23.3. The van der Waals surface area contributed by atoms with Gasteiger partial charge in [-0.05, 0) is 52.9 Å². The fraction of sp³-hybridized carbons (Fsp3) is 0.241. The van der Waals surface area contributed by atoms with Crippen LogP contribution in [0, 0.1) is 12.1 Å². The predicted molar refractivity (Wildman–Crippen MR) is 165 cm³/mol. The van der Waals surface area contributed by atoms with Crippen LogP contribution in [-0.4, -0.2) is 10.2 Å². The summed E-state index contributed by atoms with van der Waals surface area (Å²) >= 11 is 11.9.